The Balaban J connectivity index is 1.92. The van der Waals surface area contributed by atoms with Crippen LogP contribution in [0.25, 0.3) is 0 Å². The molecule has 0 radical (unpaired) electrons. The van der Waals surface area contributed by atoms with Crippen molar-refractivity contribution in [3.05, 3.63) is 54.4 Å². The van der Waals surface area contributed by atoms with Gasteiger partial charge in [0, 0.05) is 36.6 Å². The van der Waals surface area contributed by atoms with Crippen molar-refractivity contribution in [3.63, 3.8) is 0 Å². The molecular weight excluding hydrogens is 376 g/mol. The van der Waals surface area contributed by atoms with E-state index in [0.717, 1.165) is 12.1 Å². The van der Waals surface area contributed by atoms with Crippen molar-refractivity contribution in [1.82, 2.24) is 14.6 Å². The molecule has 7 nitrogen and oxygen atoms in total. The fourth-order valence-corrected chi connectivity index (χ4v) is 3.82. The topological polar surface area (TPSA) is 91.4 Å². The predicted molar refractivity (Wildman–Crippen MR) is 111 cm³/mol. The maximum atomic E-state index is 12.5. The van der Waals surface area contributed by atoms with Crippen LogP contribution in [-0.4, -0.2) is 49.9 Å². The average molecular weight is 405 g/mol. The number of benzene rings is 1. The third-order valence-corrected chi connectivity index (χ3v) is 5.98. The van der Waals surface area contributed by atoms with Gasteiger partial charge in [-0.15, -0.1) is 0 Å². The van der Waals surface area contributed by atoms with Crippen LogP contribution in [0.4, 0.5) is 5.69 Å². The molecule has 0 aliphatic carbocycles. The number of sulfonamides is 1. The Kier molecular flexibility index (Phi) is 7.68. The summed E-state index contributed by atoms with van der Waals surface area (Å²) in [4.78, 5) is 18.9. The Morgan fingerprint density at radius 1 is 1.11 bits per heavy atom. The van der Waals surface area contributed by atoms with E-state index in [-0.39, 0.29) is 22.9 Å². The molecule has 1 aromatic heterocycles. The number of hydrogen-bond acceptors (Lipinski definition) is 5. The summed E-state index contributed by atoms with van der Waals surface area (Å²) >= 11 is 0. The maximum absolute atomic E-state index is 12.5. The largest absolute Gasteiger partial charge is 0.325 e. The van der Waals surface area contributed by atoms with Crippen LogP contribution in [-0.2, 0) is 21.2 Å². The number of aromatic nitrogens is 1. The Labute approximate surface area is 167 Å². The molecule has 1 atom stereocenters. The first-order valence-electron chi connectivity index (χ1n) is 9.22. The van der Waals surface area contributed by atoms with Crippen LogP contribution < -0.4 is 10.0 Å². The lowest BCUT2D eigenvalue weighted by molar-refractivity contribution is -0.120. The summed E-state index contributed by atoms with van der Waals surface area (Å²) in [5.41, 5.74) is 1.53. The second-order valence-corrected chi connectivity index (χ2v) is 8.73. The van der Waals surface area contributed by atoms with Crippen molar-refractivity contribution in [2.75, 3.05) is 18.9 Å². The van der Waals surface area contributed by atoms with Crippen molar-refractivity contribution in [2.24, 2.45) is 0 Å². The third-order valence-electron chi connectivity index (χ3n) is 4.31. The molecule has 0 aliphatic heterocycles. The Morgan fingerprint density at radius 3 is 2.36 bits per heavy atom. The van der Waals surface area contributed by atoms with Crippen LogP contribution in [0, 0.1) is 0 Å². The number of hydrogen-bond donors (Lipinski definition) is 2. The number of nitrogens with zero attached hydrogens (tertiary/aromatic N) is 2. The molecule has 0 bridgehead atoms. The number of carbonyl (C=O) groups is 1. The van der Waals surface area contributed by atoms with Crippen LogP contribution in [0.15, 0.2) is 53.6 Å². The molecule has 1 heterocycles. The molecule has 0 fully saturated rings. The van der Waals surface area contributed by atoms with Crippen molar-refractivity contribution >= 4 is 21.6 Å². The minimum atomic E-state index is -3.55. The van der Waals surface area contributed by atoms with Gasteiger partial charge in [0.05, 0.1) is 10.9 Å². The Bertz CT molecular complexity index is 868. The van der Waals surface area contributed by atoms with Crippen LogP contribution in [0.5, 0.6) is 0 Å². The van der Waals surface area contributed by atoms with E-state index in [1.165, 1.54) is 12.1 Å². The molecule has 0 aliphatic rings. The highest BCUT2D eigenvalue weighted by Gasteiger charge is 2.19. The van der Waals surface area contributed by atoms with Crippen LogP contribution >= 0.6 is 0 Å². The van der Waals surface area contributed by atoms with Gasteiger partial charge in [-0.1, -0.05) is 6.07 Å². The fourth-order valence-electron chi connectivity index (χ4n) is 2.57. The first-order chi connectivity index (χ1) is 13.2. The molecule has 0 saturated heterocycles. The highest BCUT2D eigenvalue weighted by Crippen LogP contribution is 2.15. The smallest absolute Gasteiger partial charge is 0.241 e. The first-order valence-corrected chi connectivity index (χ1v) is 10.7. The van der Waals surface area contributed by atoms with Crippen LogP contribution in [0.1, 0.15) is 26.5 Å². The molecule has 2 rings (SSSR count). The van der Waals surface area contributed by atoms with Crippen molar-refractivity contribution < 1.29 is 13.2 Å². The van der Waals surface area contributed by atoms with E-state index in [1.807, 2.05) is 37.1 Å². The van der Waals surface area contributed by atoms with E-state index >= 15 is 0 Å². The number of anilines is 1. The number of likely N-dealkylation sites (N-methyl/N-ethyl adjacent to an activating group) is 1. The quantitative estimate of drug-likeness (QED) is 0.669. The van der Waals surface area contributed by atoms with Gasteiger partial charge >= 0.3 is 0 Å². The lowest BCUT2D eigenvalue weighted by Crippen LogP contribution is -2.40. The van der Waals surface area contributed by atoms with Gasteiger partial charge in [0.1, 0.15) is 0 Å². The van der Waals surface area contributed by atoms with Gasteiger partial charge in [0.25, 0.3) is 0 Å². The maximum Gasteiger partial charge on any atom is 0.241 e. The second-order valence-electron chi connectivity index (χ2n) is 7.02. The van der Waals surface area contributed by atoms with Gasteiger partial charge in [-0.2, -0.15) is 0 Å². The fraction of sp³-hybridized carbons (Fsp3) is 0.400. The Hall–Kier alpha value is -2.29. The Morgan fingerprint density at radius 2 is 1.79 bits per heavy atom. The monoisotopic (exact) mass is 404 g/mol. The SMILES string of the molecule is CC(C)NS(=O)(=O)c1ccc(NC(=O)C(C)N(C)CCc2ccccn2)cc1. The molecule has 1 aromatic carbocycles. The molecule has 1 unspecified atom stereocenters. The number of amides is 1. The minimum absolute atomic E-state index is 0.153. The van der Waals surface area contributed by atoms with Gasteiger partial charge in [-0.3, -0.25) is 14.7 Å². The summed E-state index contributed by atoms with van der Waals surface area (Å²) in [5, 5.41) is 2.83. The van der Waals surface area contributed by atoms with E-state index in [2.05, 4.69) is 15.0 Å². The standard InChI is InChI=1S/C20H28N4O3S/c1-15(2)23-28(26,27)19-10-8-18(9-11-19)22-20(25)16(3)24(4)14-12-17-7-5-6-13-21-17/h5-11,13,15-16,23H,12,14H2,1-4H3,(H,22,25). The molecule has 152 valence electrons. The van der Waals surface area contributed by atoms with Gasteiger partial charge in [-0.05, 0) is 64.2 Å². The highest BCUT2D eigenvalue weighted by atomic mass is 32.2. The van der Waals surface area contributed by atoms with Gasteiger partial charge < -0.3 is 5.32 Å². The van der Waals surface area contributed by atoms with Crippen LogP contribution in [0.3, 0.4) is 0 Å². The molecule has 1 amide bonds. The highest BCUT2D eigenvalue weighted by molar-refractivity contribution is 7.89. The normalized spacial score (nSPS) is 12.9. The summed E-state index contributed by atoms with van der Waals surface area (Å²) in [7, 11) is -1.66. The number of nitrogens with one attached hydrogen (secondary N) is 2. The molecule has 2 N–H and O–H groups in total. The number of rotatable bonds is 9. The summed E-state index contributed by atoms with van der Waals surface area (Å²) in [6.07, 6.45) is 2.51. The van der Waals surface area contributed by atoms with Crippen LogP contribution in [0.2, 0.25) is 0 Å². The lowest BCUT2D eigenvalue weighted by Gasteiger charge is -2.23. The molecule has 2 aromatic rings. The van der Waals surface area contributed by atoms with Crippen molar-refractivity contribution in [2.45, 2.75) is 44.2 Å². The number of carbonyl (C=O) groups excluding carboxylic acids is 1. The zero-order valence-electron chi connectivity index (χ0n) is 16.7. The summed E-state index contributed by atoms with van der Waals surface area (Å²) in [6.45, 7) is 6.05. The molecule has 8 heteroatoms. The summed E-state index contributed by atoms with van der Waals surface area (Å²) in [5.74, 6) is -0.153. The summed E-state index contributed by atoms with van der Waals surface area (Å²) < 4.78 is 26.8. The zero-order chi connectivity index (χ0) is 20.7. The predicted octanol–water partition coefficient (Wildman–Crippen LogP) is 2.27. The lowest BCUT2D eigenvalue weighted by atomic mass is 10.2. The zero-order valence-corrected chi connectivity index (χ0v) is 17.5. The van der Waals surface area contributed by atoms with Gasteiger partial charge in [0.2, 0.25) is 15.9 Å². The molecule has 0 spiro atoms. The molecule has 0 saturated carbocycles. The third kappa shape index (κ3) is 6.40. The second kappa shape index (κ2) is 9.77. The average Bonchev–Trinajstić information content (AvgIpc) is 2.65. The van der Waals surface area contributed by atoms with E-state index in [9.17, 15) is 13.2 Å². The van der Waals surface area contributed by atoms with E-state index < -0.39 is 10.0 Å². The van der Waals surface area contributed by atoms with Gasteiger partial charge in [0.15, 0.2) is 0 Å². The minimum Gasteiger partial charge on any atom is -0.325 e. The van der Waals surface area contributed by atoms with Crippen molar-refractivity contribution in [3.8, 4) is 0 Å². The van der Waals surface area contributed by atoms with E-state index in [0.29, 0.717) is 12.2 Å². The molecular formula is C20H28N4O3S. The summed E-state index contributed by atoms with van der Waals surface area (Å²) in [6, 6.07) is 11.4. The first kappa shape index (κ1) is 22.0. The van der Waals surface area contributed by atoms with Gasteiger partial charge in [-0.25, -0.2) is 13.1 Å². The molecule has 28 heavy (non-hydrogen) atoms. The van der Waals surface area contributed by atoms with E-state index in [4.69, 9.17) is 0 Å². The van der Waals surface area contributed by atoms with Crippen molar-refractivity contribution in [1.29, 1.82) is 0 Å². The van der Waals surface area contributed by atoms with E-state index in [1.54, 1.807) is 32.2 Å². The number of pyridine rings is 1.